The first-order valence-corrected chi connectivity index (χ1v) is 5.46. The Kier molecular flexibility index (Phi) is 2.99. The summed E-state index contributed by atoms with van der Waals surface area (Å²) in [7, 11) is 6.02. The summed E-state index contributed by atoms with van der Waals surface area (Å²) in [6, 6.07) is 8.34. The first-order valence-electron chi connectivity index (χ1n) is 5.46. The van der Waals surface area contributed by atoms with E-state index in [1.807, 2.05) is 38.2 Å². The fourth-order valence-corrected chi connectivity index (χ4v) is 2.18. The first-order chi connectivity index (χ1) is 7.65. The number of fused-ring (bicyclic) bond motifs is 1. The van der Waals surface area contributed by atoms with Crippen LogP contribution < -0.4 is 0 Å². The molecule has 1 unspecified atom stereocenters. The van der Waals surface area contributed by atoms with Crippen LogP contribution in [0.5, 0.6) is 0 Å². The van der Waals surface area contributed by atoms with Gasteiger partial charge in [-0.3, -0.25) is 0 Å². The van der Waals surface area contributed by atoms with Crippen molar-refractivity contribution >= 4 is 10.9 Å². The van der Waals surface area contributed by atoms with E-state index in [0.717, 1.165) is 0 Å². The summed E-state index contributed by atoms with van der Waals surface area (Å²) in [6.07, 6.45) is 2.10. The number of aliphatic hydroxyl groups excluding tert-OH is 1. The molecule has 3 nitrogen and oxygen atoms in total. The Hall–Kier alpha value is -1.32. The van der Waals surface area contributed by atoms with Crippen LogP contribution in [-0.4, -0.2) is 35.3 Å². The molecular weight excluding hydrogens is 200 g/mol. The van der Waals surface area contributed by atoms with Gasteiger partial charge in [-0.05, 0) is 25.7 Å². The van der Waals surface area contributed by atoms with Crippen molar-refractivity contribution in [1.29, 1.82) is 0 Å². The summed E-state index contributed by atoms with van der Waals surface area (Å²) < 4.78 is 2.11. The van der Waals surface area contributed by atoms with E-state index in [0.29, 0.717) is 0 Å². The average Bonchev–Trinajstić information content (AvgIpc) is 2.58. The molecule has 2 rings (SSSR count). The molecule has 0 saturated carbocycles. The highest BCUT2D eigenvalue weighted by atomic mass is 16.3. The maximum absolute atomic E-state index is 9.47. The number of para-hydroxylation sites is 1. The highest BCUT2D eigenvalue weighted by molar-refractivity contribution is 5.84. The molecule has 86 valence electrons. The predicted octanol–water partition coefficient (Wildman–Crippen LogP) is 1.77. The van der Waals surface area contributed by atoms with Gasteiger partial charge in [0.15, 0.2) is 0 Å². The van der Waals surface area contributed by atoms with E-state index in [-0.39, 0.29) is 12.6 Å². The zero-order chi connectivity index (χ0) is 11.7. The lowest BCUT2D eigenvalue weighted by Crippen LogP contribution is -2.22. The maximum Gasteiger partial charge on any atom is 0.0629 e. The first kappa shape index (κ1) is 11.2. The summed E-state index contributed by atoms with van der Waals surface area (Å²) in [5.41, 5.74) is 2.39. The minimum atomic E-state index is 0.0612. The van der Waals surface area contributed by atoms with Crippen molar-refractivity contribution in [1.82, 2.24) is 9.47 Å². The summed E-state index contributed by atoms with van der Waals surface area (Å²) in [4.78, 5) is 2.04. The molecule has 0 fully saturated rings. The van der Waals surface area contributed by atoms with E-state index in [1.165, 1.54) is 16.5 Å². The topological polar surface area (TPSA) is 28.4 Å². The Morgan fingerprint density at radius 3 is 2.62 bits per heavy atom. The number of hydrogen-bond donors (Lipinski definition) is 1. The van der Waals surface area contributed by atoms with E-state index in [9.17, 15) is 5.11 Å². The summed E-state index contributed by atoms with van der Waals surface area (Å²) in [5.74, 6) is 0. The van der Waals surface area contributed by atoms with Crippen LogP contribution in [0.15, 0.2) is 30.5 Å². The molecule has 0 aliphatic carbocycles. The lowest BCUT2D eigenvalue weighted by molar-refractivity contribution is 0.171. The van der Waals surface area contributed by atoms with Gasteiger partial charge in [-0.1, -0.05) is 18.2 Å². The van der Waals surface area contributed by atoms with Crippen molar-refractivity contribution in [3.05, 3.63) is 36.0 Å². The number of benzene rings is 1. The van der Waals surface area contributed by atoms with Crippen LogP contribution in [0.2, 0.25) is 0 Å². The largest absolute Gasteiger partial charge is 0.394 e. The molecule has 3 heteroatoms. The predicted molar refractivity (Wildman–Crippen MR) is 66.4 cm³/mol. The van der Waals surface area contributed by atoms with Crippen molar-refractivity contribution in [2.75, 3.05) is 20.7 Å². The standard InChI is InChI=1S/C13H18N2O/c1-14(2)13(9-16)11-8-15(3)12-7-5-4-6-10(11)12/h4-8,13,16H,9H2,1-3H3. The Bertz CT molecular complexity index is 488. The van der Waals surface area contributed by atoms with Gasteiger partial charge in [-0.15, -0.1) is 0 Å². The molecule has 0 saturated heterocycles. The zero-order valence-electron chi connectivity index (χ0n) is 10.0. The van der Waals surface area contributed by atoms with E-state index in [1.54, 1.807) is 0 Å². The third kappa shape index (κ3) is 1.72. The Morgan fingerprint density at radius 2 is 2.00 bits per heavy atom. The monoisotopic (exact) mass is 218 g/mol. The molecule has 1 N–H and O–H groups in total. The lowest BCUT2D eigenvalue weighted by atomic mass is 10.1. The molecule has 1 atom stereocenters. The van der Waals surface area contributed by atoms with Crippen molar-refractivity contribution in [2.24, 2.45) is 7.05 Å². The minimum Gasteiger partial charge on any atom is -0.394 e. The zero-order valence-corrected chi connectivity index (χ0v) is 10.0. The summed E-state index contributed by atoms with van der Waals surface area (Å²) in [6.45, 7) is 0.140. The molecule has 0 aliphatic heterocycles. The minimum absolute atomic E-state index is 0.0612. The molecule has 1 aromatic carbocycles. The Balaban J connectivity index is 2.60. The third-order valence-corrected chi connectivity index (χ3v) is 3.08. The van der Waals surface area contributed by atoms with Crippen molar-refractivity contribution in [3.63, 3.8) is 0 Å². The van der Waals surface area contributed by atoms with Crippen LogP contribution in [0.25, 0.3) is 10.9 Å². The molecular formula is C13H18N2O. The average molecular weight is 218 g/mol. The second-order valence-electron chi connectivity index (χ2n) is 4.37. The van der Waals surface area contributed by atoms with Crippen LogP contribution in [-0.2, 0) is 7.05 Å². The van der Waals surface area contributed by atoms with Gasteiger partial charge in [0.25, 0.3) is 0 Å². The second-order valence-corrected chi connectivity index (χ2v) is 4.37. The van der Waals surface area contributed by atoms with Crippen molar-refractivity contribution < 1.29 is 5.11 Å². The number of aromatic nitrogens is 1. The summed E-state index contributed by atoms with van der Waals surface area (Å²) in [5, 5.41) is 10.7. The summed E-state index contributed by atoms with van der Waals surface area (Å²) >= 11 is 0. The van der Waals surface area contributed by atoms with Gasteiger partial charge in [0, 0.05) is 24.1 Å². The SMILES string of the molecule is CN(C)C(CO)c1cn(C)c2ccccc12. The van der Waals surface area contributed by atoms with Gasteiger partial charge >= 0.3 is 0 Å². The van der Waals surface area contributed by atoms with Gasteiger partial charge in [0.05, 0.1) is 12.6 Å². The fraction of sp³-hybridized carbons (Fsp3) is 0.385. The van der Waals surface area contributed by atoms with Crippen LogP contribution in [0, 0.1) is 0 Å². The van der Waals surface area contributed by atoms with E-state index < -0.39 is 0 Å². The number of aryl methyl sites for hydroxylation is 1. The lowest BCUT2D eigenvalue weighted by Gasteiger charge is -2.21. The number of nitrogens with zero attached hydrogens (tertiary/aromatic N) is 2. The Morgan fingerprint density at radius 1 is 1.31 bits per heavy atom. The Labute approximate surface area is 95.9 Å². The highest BCUT2D eigenvalue weighted by Crippen LogP contribution is 2.27. The second kappa shape index (κ2) is 4.28. The molecule has 16 heavy (non-hydrogen) atoms. The highest BCUT2D eigenvalue weighted by Gasteiger charge is 2.17. The van der Waals surface area contributed by atoms with Crippen molar-refractivity contribution in [2.45, 2.75) is 6.04 Å². The van der Waals surface area contributed by atoms with Crippen LogP contribution in [0.4, 0.5) is 0 Å². The van der Waals surface area contributed by atoms with E-state index in [4.69, 9.17) is 0 Å². The van der Waals surface area contributed by atoms with E-state index >= 15 is 0 Å². The molecule has 2 aromatic rings. The normalized spacial score (nSPS) is 13.6. The molecule has 0 aliphatic rings. The molecule has 0 amide bonds. The molecule has 0 radical (unpaired) electrons. The number of aliphatic hydroxyl groups is 1. The fourth-order valence-electron chi connectivity index (χ4n) is 2.18. The third-order valence-electron chi connectivity index (χ3n) is 3.08. The quantitative estimate of drug-likeness (QED) is 0.850. The maximum atomic E-state index is 9.47. The number of hydrogen-bond acceptors (Lipinski definition) is 2. The van der Waals surface area contributed by atoms with Crippen molar-refractivity contribution in [3.8, 4) is 0 Å². The number of likely N-dealkylation sites (N-methyl/N-ethyl adjacent to an activating group) is 1. The molecule has 1 aromatic heterocycles. The van der Waals surface area contributed by atoms with Crippen LogP contribution >= 0.6 is 0 Å². The number of rotatable bonds is 3. The van der Waals surface area contributed by atoms with Gasteiger partial charge in [-0.25, -0.2) is 0 Å². The van der Waals surface area contributed by atoms with Crippen LogP contribution in [0.1, 0.15) is 11.6 Å². The molecule has 0 spiro atoms. The smallest absolute Gasteiger partial charge is 0.0629 e. The molecule has 0 bridgehead atoms. The van der Waals surface area contributed by atoms with Gasteiger partial charge in [-0.2, -0.15) is 0 Å². The van der Waals surface area contributed by atoms with Gasteiger partial charge < -0.3 is 14.6 Å². The van der Waals surface area contributed by atoms with E-state index in [2.05, 4.69) is 22.9 Å². The van der Waals surface area contributed by atoms with Crippen LogP contribution in [0.3, 0.4) is 0 Å². The van der Waals surface area contributed by atoms with Gasteiger partial charge in [0.2, 0.25) is 0 Å². The molecule has 1 heterocycles. The van der Waals surface area contributed by atoms with Gasteiger partial charge in [0.1, 0.15) is 0 Å².